The number of piperazine rings is 1. The molecule has 1 fully saturated rings. The summed E-state index contributed by atoms with van der Waals surface area (Å²) < 4.78 is 5.80. The van der Waals surface area contributed by atoms with Crippen molar-refractivity contribution in [3.63, 3.8) is 0 Å². The standard InChI is InChI=1S/C31H27ClN4O3S/c32-24-12-10-22(11-13-24)28-16-14-25(39-28)15-17-29(37)34-31(40)33-26-8-4-5-9-27(26)35-18-20-36(21-19-35)30(38)23-6-2-1-3-7-23/h1-17H,18-21H2,(H2,33,34,37,40). The Morgan fingerprint density at radius 2 is 1.55 bits per heavy atom. The van der Waals surface area contributed by atoms with Crippen molar-refractivity contribution in [3.8, 4) is 11.3 Å². The van der Waals surface area contributed by atoms with Gasteiger partial charge in [-0.15, -0.1) is 0 Å². The number of amides is 2. The number of rotatable bonds is 6. The number of benzene rings is 3. The highest BCUT2D eigenvalue weighted by atomic mass is 35.5. The highest BCUT2D eigenvalue weighted by molar-refractivity contribution is 7.80. The van der Waals surface area contributed by atoms with Crippen LogP contribution in [0.1, 0.15) is 16.1 Å². The first-order valence-electron chi connectivity index (χ1n) is 12.8. The zero-order valence-electron chi connectivity index (χ0n) is 21.5. The Morgan fingerprint density at radius 3 is 2.30 bits per heavy atom. The van der Waals surface area contributed by atoms with Crippen LogP contribution in [-0.4, -0.2) is 48.0 Å². The van der Waals surface area contributed by atoms with E-state index in [1.165, 1.54) is 6.08 Å². The molecule has 1 aliphatic rings. The molecule has 5 rings (SSSR count). The first kappa shape index (κ1) is 27.2. The van der Waals surface area contributed by atoms with E-state index >= 15 is 0 Å². The van der Waals surface area contributed by atoms with Gasteiger partial charge >= 0.3 is 0 Å². The van der Waals surface area contributed by atoms with Crippen LogP contribution in [0.25, 0.3) is 17.4 Å². The Balaban J connectivity index is 1.15. The zero-order valence-corrected chi connectivity index (χ0v) is 23.1. The number of thiocarbonyl (C=S) groups is 1. The Bertz CT molecular complexity index is 1530. The summed E-state index contributed by atoms with van der Waals surface area (Å²) in [5, 5.41) is 6.65. The van der Waals surface area contributed by atoms with E-state index in [1.54, 1.807) is 24.3 Å². The number of anilines is 2. The number of halogens is 1. The molecular weight excluding hydrogens is 544 g/mol. The van der Waals surface area contributed by atoms with Crippen molar-refractivity contribution in [1.82, 2.24) is 10.2 Å². The molecule has 2 amide bonds. The second-order valence-electron chi connectivity index (χ2n) is 9.15. The normalized spacial score (nSPS) is 13.3. The van der Waals surface area contributed by atoms with Gasteiger partial charge in [-0.3, -0.25) is 14.9 Å². The zero-order chi connectivity index (χ0) is 27.9. The molecule has 40 heavy (non-hydrogen) atoms. The van der Waals surface area contributed by atoms with E-state index in [9.17, 15) is 9.59 Å². The smallest absolute Gasteiger partial charge is 0.253 e. The summed E-state index contributed by atoms with van der Waals surface area (Å²) in [5.41, 5.74) is 3.31. The van der Waals surface area contributed by atoms with Crippen LogP contribution in [-0.2, 0) is 4.79 Å². The lowest BCUT2D eigenvalue weighted by molar-refractivity contribution is -0.115. The Morgan fingerprint density at radius 1 is 0.850 bits per heavy atom. The molecule has 0 unspecified atom stereocenters. The van der Waals surface area contributed by atoms with Crippen molar-refractivity contribution in [3.05, 3.63) is 113 Å². The number of furan rings is 1. The summed E-state index contributed by atoms with van der Waals surface area (Å²) in [7, 11) is 0. The third-order valence-electron chi connectivity index (χ3n) is 6.47. The average Bonchev–Trinajstić information content (AvgIpc) is 3.46. The van der Waals surface area contributed by atoms with E-state index < -0.39 is 0 Å². The molecule has 202 valence electrons. The van der Waals surface area contributed by atoms with Crippen LogP contribution in [0, 0.1) is 0 Å². The van der Waals surface area contributed by atoms with Crippen molar-refractivity contribution in [2.24, 2.45) is 0 Å². The van der Waals surface area contributed by atoms with E-state index in [0.717, 1.165) is 16.9 Å². The van der Waals surface area contributed by atoms with Gasteiger partial charge in [-0.05, 0) is 79.0 Å². The highest BCUT2D eigenvalue weighted by Crippen LogP contribution is 2.27. The minimum atomic E-state index is -0.382. The predicted octanol–water partition coefficient (Wildman–Crippen LogP) is 6.09. The number of para-hydroxylation sites is 2. The molecule has 0 spiro atoms. The number of nitrogens with one attached hydrogen (secondary N) is 2. The number of hydrogen-bond donors (Lipinski definition) is 2. The lowest BCUT2D eigenvalue weighted by Gasteiger charge is -2.37. The van der Waals surface area contributed by atoms with E-state index in [4.69, 9.17) is 28.2 Å². The maximum Gasteiger partial charge on any atom is 0.253 e. The largest absolute Gasteiger partial charge is 0.457 e. The molecule has 2 N–H and O–H groups in total. The van der Waals surface area contributed by atoms with Gasteiger partial charge in [-0.1, -0.05) is 41.9 Å². The molecular formula is C31H27ClN4O3S. The lowest BCUT2D eigenvalue weighted by Crippen LogP contribution is -2.49. The second kappa shape index (κ2) is 12.6. The quantitative estimate of drug-likeness (QED) is 0.216. The van der Waals surface area contributed by atoms with Gasteiger partial charge in [-0.25, -0.2) is 0 Å². The Kier molecular flexibility index (Phi) is 8.59. The van der Waals surface area contributed by atoms with Crippen molar-refractivity contribution < 1.29 is 14.0 Å². The molecule has 0 bridgehead atoms. The molecule has 0 aliphatic carbocycles. The summed E-state index contributed by atoms with van der Waals surface area (Å²) in [6, 6.07) is 28.0. The van der Waals surface area contributed by atoms with Crippen LogP contribution in [0.2, 0.25) is 5.02 Å². The fourth-order valence-corrected chi connectivity index (χ4v) is 4.78. The molecule has 1 aliphatic heterocycles. The van der Waals surface area contributed by atoms with E-state index in [1.807, 2.05) is 77.7 Å². The Labute approximate surface area is 243 Å². The third kappa shape index (κ3) is 6.77. The number of nitrogens with zero attached hydrogens (tertiary/aromatic N) is 2. The van der Waals surface area contributed by atoms with Gasteiger partial charge in [-0.2, -0.15) is 0 Å². The van der Waals surface area contributed by atoms with Gasteiger partial charge in [0.15, 0.2) is 5.11 Å². The molecule has 1 saturated heterocycles. The molecule has 4 aromatic rings. The summed E-state index contributed by atoms with van der Waals surface area (Å²) in [4.78, 5) is 29.4. The van der Waals surface area contributed by atoms with E-state index in [2.05, 4.69) is 15.5 Å². The third-order valence-corrected chi connectivity index (χ3v) is 6.93. The van der Waals surface area contributed by atoms with Crippen LogP contribution in [0.15, 0.2) is 101 Å². The van der Waals surface area contributed by atoms with Gasteiger partial charge in [0, 0.05) is 48.4 Å². The molecule has 7 nitrogen and oxygen atoms in total. The summed E-state index contributed by atoms with van der Waals surface area (Å²) in [6.07, 6.45) is 2.95. The number of carbonyl (C=O) groups excluding carboxylic acids is 2. The van der Waals surface area contributed by atoms with Crippen molar-refractivity contribution in [1.29, 1.82) is 0 Å². The summed E-state index contributed by atoms with van der Waals surface area (Å²) in [6.45, 7) is 2.58. The maximum atomic E-state index is 12.8. The monoisotopic (exact) mass is 570 g/mol. The SMILES string of the molecule is O=C(C=Cc1ccc(-c2ccc(Cl)cc2)o1)NC(=S)Nc1ccccc1N1CCN(C(=O)c2ccccc2)CC1. The fourth-order valence-electron chi connectivity index (χ4n) is 4.45. The van der Waals surface area contributed by atoms with Crippen molar-refractivity contribution >= 4 is 58.2 Å². The molecule has 2 heterocycles. The predicted molar refractivity (Wildman–Crippen MR) is 164 cm³/mol. The summed E-state index contributed by atoms with van der Waals surface area (Å²) >= 11 is 11.4. The first-order chi connectivity index (χ1) is 19.5. The van der Waals surface area contributed by atoms with Crippen molar-refractivity contribution in [2.45, 2.75) is 0 Å². The minimum absolute atomic E-state index is 0.0411. The second-order valence-corrected chi connectivity index (χ2v) is 9.99. The highest BCUT2D eigenvalue weighted by Gasteiger charge is 2.23. The number of carbonyl (C=O) groups is 2. The minimum Gasteiger partial charge on any atom is -0.457 e. The van der Waals surface area contributed by atoms with Crippen molar-refractivity contribution in [2.75, 3.05) is 36.4 Å². The van der Waals surface area contributed by atoms with Crippen LogP contribution < -0.4 is 15.5 Å². The number of hydrogen-bond acceptors (Lipinski definition) is 5. The lowest BCUT2D eigenvalue weighted by atomic mass is 10.1. The fraction of sp³-hybridized carbons (Fsp3) is 0.129. The van der Waals surface area contributed by atoms with Gasteiger partial charge in [0.25, 0.3) is 5.91 Å². The van der Waals surface area contributed by atoms with E-state index in [-0.39, 0.29) is 16.9 Å². The summed E-state index contributed by atoms with van der Waals surface area (Å²) in [5.74, 6) is 0.872. The topological polar surface area (TPSA) is 77.8 Å². The molecule has 0 atom stereocenters. The van der Waals surface area contributed by atoms with Gasteiger partial charge in [0.1, 0.15) is 11.5 Å². The Hall–Kier alpha value is -4.40. The molecule has 1 aromatic heterocycles. The molecule has 3 aromatic carbocycles. The molecule has 0 radical (unpaired) electrons. The van der Waals surface area contributed by atoms with Crippen LogP contribution in [0.5, 0.6) is 0 Å². The maximum absolute atomic E-state index is 12.8. The van der Waals surface area contributed by atoms with Crippen LogP contribution in [0.3, 0.4) is 0 Å². The van der Waals surface area contributed by atoms with Gasteiger partial charge < -0.3 is 19.5 Å². The van der Waals surface area contributed by atoms with Crippen LogP contribution >= 0.6 is 23.8 Å². The average molecular weight is 571 g/mol. The molecule has 0 saturated carbocycles. The molecule has 9 heteroatoms. The van der Waals surface area contributed by atoms with Gasteiger partial charge in [0.05, 0.1) is 11.4 Å². The van der Waals surface area contributed by atoms with Gasteiger partial charge in [0.2, 0.25) is 5.91 Å². The van der Waals surface area contributed by atoms with Crippen LogP contribution in [0.4, 0.5) is 11.4 Å². The first-order valence-corrected chi connectivity index (χ1v) is 13.6. The van der Waals surface area contributed by atoms with E-state index in [0.29, 0.717) is 48.3 Å².